The first kappa shape index (κ1) is 16.5. The number of hydrogen-bond donors (Lipinski definition) is 1. The first-order valence-corrected chi connectivity index (χ1v) is 8.62. The number of nitrogens with zero attached hydrogens (tertiary/aromatic N) is 1. The minimum absolute atomic E-state index is 0.0578. The summed E-state index contributed by atoms with van der Waals surface area (Å²) in [6.45, 7) is 10.9. The largest absolute Gasteiger partial charge is 0.391 e. The van der Waals surface area contributed by atoms with E-state index < -0.39 is 0 Å². The summed E-state index contributed by atoms with van der Waals surface area (Å²) in [5.41, 5.74) is 1.33. The molecule has 3 unspecified atom stereocenters. The predicted molar refractivity (Wildman–Crippen MR) is 89.5 cm³/mol. The molecule has 0 amide bonds. The summed E-state index contributed by atoms with van der Waals surface area (Å²) in [7, 11) is 0. The number of rotatable bonds is 8. The molecular weight excluding hydrogens is 258 g/mol. The molecule has 1 aromatic carbocycles. The fraction of sp³-hybridized carbons (Fsp3) is 0.684. The van der Waals surface area contributed by atoms with Crippen molar-refractivity contribution in [2.24, 2.45) is 5.92 Å². The van der Waals surface area contributed by atoms with Crippen molar-refractivity contribution in [1.82, 2.24) is 4.90 Å². The van der Waals surface area contributed by atoms with Crippen molar-refractivity contribution in [2.75, 3.05) is 13.1 Å². The van der Waals surface area contributed by atoms with Gasteiger partial charge in [-0.2, -0.15) is 0 Å². The van der Waals surface area contributed by atoms with Crippen LogP contribution in [0.25, 0.3) is 0 Å². The van der Waals surface area contributed by atoms with Crippen molar-refractivity contribution in [3.63, 3.8) is 0 Å². The second kappa shape index (κ2) is 6.93. The first-order chi connectivity index (χ1) is 10.1. The van der Waals surface area contributed by atoms with Gasteiger partial charge in [-0.15, -0.1) is 0 Å². The molecule has 118 valence electrons. The smallest absolute Gasteiger partial charge is 0.0757 e. The average Bonchev–Trinajstić information content (AvgIpc) is 3.33. The average molecular weight is 289 g/mol. The SMILES string of the molecule is CCN(CC)C(CC)(CC)C(O)C1CC1c1ccccc1. The van der Waals surface area contributed by atoms with Crippen molar-refractivity contribution >= 4 is 0 Å². The third-order valence-corrected chi connectivity index (χ3v) is 5.64. The Bertz CT molecular complexity index is 422. The number of benzene rings is 1. The van der Waals surface area contributed by atoms with Gasteiger partial charge in [0.15, 0.2) is 0 Å². The van der Waals surface area contributed by atoms with Crippen LogP contribution in [0.5, 0.6) is 0 Å². The Balaban J connectivity index is 2.15. The van der Waals surface area contributed by atoms with Gasteiger partial charge in [0.05, 0.1) is 6.10 Å². The standard InChI is InChI=1S/C19H31NO/c1-5-19(6-2,20(7-3)8-4)18(21)17-14-16(17)15-12-10-9-11-13-15/h9-13,16-18,21H,5-8,14H2,1-4H3. The van der Waals surface area contributed by atoms with Gasteiger partial charge in [0.2, 0.25) is 0 Å². The van der Waals surface area contributed by atoms with Crippen LogP contribution in [-0.2, 0) is 0 Å². The van der Waals surface area contributed by atoms with Gasteiger partial charge in [-0.3, -0.25) is 4.90 Å². The van der Waals surface area contributed by atoms with Crippen LogP contribution < -0.4 is 0 Å². The maximum absolute atomic E-state index is 11.1. The number of likely N-dealkylation sites (N-methyl/N-ethyl adjacent to an activating group) is 1. The molecule has 2 rings (SSSR count). The highest BCUT2D eigenvalue weighted by molar-refractivity contribution is 5.27. The molecule has 2 nitrogen and oxygen atoms in total. The molecular formula is C19H31NO. The summed E-state index contributed by atoms with van der Waals surface area (Å²) < 4.78 is 0. The molecule has 0 aromatic heterocycles. The molecule has 1 N–H and O–H groups in total. The quantitative estimate of drug-likeness (QED) is 0.780. The molecule has 0 spiro atoms. The molecule has 1 aromatic rings. The highest BCUT2D eigenvalue weighted by atomic mass is 16.3. The fourth-order valence-corrected chi connectivity index (χ4v) is 4.20. The maximum atomic E-state index is 11.1. The Labute approximate surface area is 130 Å². The van der Waals surface area contributed by atoms with Crippen LogP contribution in [0.1, 0.15) is 58.4 Å². The zero-order chi connectivity index (χ0) is 15.5. The Morgan fingerprint density at radius 2 is 1.67 bits per heavy atom. The van der Waals surface area contributed by atoms with Crippen LogP contribution in [0.2, 0.25) is 0 Å². The topological polar surface area (TPSA) is 23.5 Å². The van der Waals surface area contributed by atoms with Crippen molar-refractivity contribution in [2.45, 2.75) is 64.5 Å². The van der Waals surface area contributed by atoms with Crippen LogP contribution in [-0.4, -0.2) is 34.7 Å². The van der Waals surface area contributed by atoms with Crippen LogP contribution in [0.15, 0.2) is 30.3 Å². The highest BCUT2D eigenvalue weighted by Crippen LogP contribution is 2.53. The van der Waals surface area contributed by atoms with Crippen molar-refractivity contribution in [1.29, 1.82) is 0 Å². The minimum Gasteiger partial charge on any atom is -0.391 e. The van der Waals surface area contributed by atoms with E-state index in [4.69, 9.17) is 0 Å². The Kier molecular flexibility index (Phi) is 5.45. The molecule has 0 radical (unpaired) electrons. The van der Waals surface area contributed by atoms with Crippen molar-refractivity contribution < 1.29 is 5.11 Å². The lowest BCUT2D eigenvalue weighted by Gasteiger charge is -2.46. The van der Waals surface area contributed by atoms with Gasteiger partial charge in [0.25, 0.3) is 0 Å². The molecule has 1 fully saturated rings. The monoisotopic (exact) mass is 289 g/mol. The molecule has 1 saturated carbocycles. The number of hydrogen-bond acceptors (Lipinski definition) is 2. The summed E-state index contributed by atoms with van der Waals surface area (Å²) in [5.74, 6) is 0.974. The van der Waals surface area contributed by atoms with Crippen molar-refractivity contribution in [3.05, 3.63) is 35.9 Å². The second-order valence-corrected chi connectivity index (χ2v) is 6.34. The van der Waals surface area contributed by atoms with E-state index in [9.17, 15) is 5.11 Å². The predicted octanol–water partition coefficient (Wildman–Crippen LogP) is 4.05. The lowest BCUT2D eigenvalue weighted by molar-refractivity contribution is -0.0466. The Morgan fingerprint density at radius 1 is 1.10 bits per heavy atom. The van der Waals surface area contributed by atoms with Gasteiger partial charge >= 0.3 is 0 Å². The van der Waals surface area contributed by atoms with E-state index in [0.29, 0.717) is 11.8 Å². The van der Waals surface area contributed by atoms with E-state index in [1.807, 2.05) is 0 Å². The molecule has 0 aliphatic heterocycles. The molecule has 0 bridgehead atoms. The molecule has 3 atom stereocenters. The molecule has 21 heavy (non-hydrogen) atoms. The summed E-state index contributed by atoms with van der Waals surface area (Å²) in [6.07, 6.45) is 2.95. The van der Waals surface area contributed by atoms with Gasteiger partial charge in [-0.25, -0.2) is 0 Å². The summed E-state index contributed by atoms with van der Waals surface area (Å²) >= 11 is 0. The van der Waals surface area contributed by atoms with Crippen LogP contribution in [0, 0.1) is 5.92 Å². The van der Waals surface area contributed by atoms with Crippen LogP contribution >= 0.6 is 0 Å². The summed E-state index contributed by atoms with van der Waals surface area (Å²) in [4.78, 5) is 2.47. The number of aliphatic hydroxyl groups excluding tert-OH is 1. The van der Waals surface area contributed by atoms with Gasteiger partial charge < -0.3 is 5.11 Å². The maximum Gasteiger partial charge on any atom is 0.0757 e. The molecule has 0 saturated heterocycles. The summed E-state index contributed by atoms with van der Waals surface area (Å²) in [5, 5.41) is 11.1. The van der Waals surface area contributed by atoms with Crippen LogP contribution in [0.3, 0.4) is 0 Å². The molecule has 1 aliphatic rings. The van der Waals surface area contributed by atoms with Gasteiger partial charge in [0.1, 0.15) is 0 Å². The van der Waals surface area contributed by atoms with E-state index in [1.165, 1.54) is 5.56 Å². The zero-order valence-electron chi connectivity index (χ0n) is 14.0. The summed E-state index contributed by atoms with van der Waals surface area (Å²) in [6, 6.07) is 10.7. The number of aliphatic hydroxyl groups is 1. The van der Waals surface area contributed by atoms with Gasteiger partial charge in [-0.05, 0) is 49.8 Å². The van der Waals surface area contributed by atoms with E-state index in [1.54, 1.807) is 0 Å². The third-order valence-electron chi connectivity index (χ3n) is 5.64. The van der Waals surface area contributed by atoms with Crippen LogP contribution in [0.4, 0.5) is 0 Å². The third kappa shape index (κ3) is 3.02. The molecule has 1 aliphatic carbocycles. The van der Waals surface area contributed by atoms with Crippen molar-refractivity contribution in [3.8, 4) is 0 Å². The second-order valence-electron chi connectivity index (χ2n) is 6.34. The first-order valence-electron chi connectivity index (χ1n) is 8.62. The lowest BCUT2D eigenvalue weighted by atomic mass is 9.81. The van der Waals surface area contributed by atoms with E-state index in [2.05, 4.69) is 62.9 Å². The van der Waals surface area contributed by atoms with E-state index >= 15 is 0 Å². The zero-order valence-corrected chi connectivity index (χ0v) is 14.0. The normalized spacial score (nSPS) is 23.3. The van der Waals surface area contributed by atoms with Gasteiger partial charge in [0, 0.05) is 5.54 Å². The minimum atomic E-state index is -0.224. The highest BCUT2D eigenvalue weighted by Gasteiger charge is 2.52. The lowest BCUT2D eigenvalue weighted by Crippen LogP contribution is -2.57. The molecule has 2 heteroatoms. The van der Waals surface area contributed by atoms with E-state index in [0.717, 1.165) is 32.4 Å². The molecule has 0 heterocycles. The van der Waals surface area contributed by atoms with Gasteiger partial charge in [-0.1, -0.05) is 58.0 Å². The van der Waals surface area contributed by atoms with E-state index in [-0.39, 0.29) is 11.6 Å². The Morgan fingerprint density at radius 3 is 2.14 bits per heavy atom. The Hall–Kier alpha value is -0.860. The fourth-order valence-electron chi connectivity index (χ4n) is 4.20.